The summed E-state index contributed by atoms with van der Waals surface area (Å²) in [4.78, 5) is 10.2. The van der Waals surface area contributed by atoms with Gasteiger partial charge in [0.2, 0.25) is 10.0 Å². The van der Waals surface area contributed by atoms with Crippen LogP contribution >= 0.6 is 35.3 Å². The lowest BCUT2D eigenvalue weighted by Gasteiger charge is -2.22. The van der Waals surface area contributed by atoms with Gasteiger partial charge in [0.15, 0.2) is 5.96 Å². The molecule has 10 heteroatoms. The van der Waals surface area contributed by atoms with Gasteiger partial charge in [-0.1, -0.05) is 25.1 Å². The molecule has 0 amide bonds. The maximum atomic E-state index is 12.7. The molecule has 0 aliphatic heterocycles. The van der Waals surface area contributed by atoms with Crippen molar-refractivity contribution in [3.8, 4) is 0 Å². The molecule has 2 rings (SSSR count). The number of aliphatic imine (C=N–C) groups is 1. The summed E-state index contributed by atoms with van der Waals surface area (Å²) in [6, 6.07) is 6.98. The van der Waals surface area contributed by atoms with Crippen molar-refractivity contribution in [2.24, 2.45) is 4.99 Å². The second kappa shape index (κ2) is 12.0. The van der Waals surface area contributed by atoms with Gasteiger partial charge in [-0.15, -0.1) is 35.3 Å². The smallest absolute Gasteiger partial charge is 0.241 e. The number of benzene rings is 1. The van der Waals surface area contributed by atoms with Gasteiger partial charge in [0.1, 0.15) is 0 Å². The van der Waals surface area contributed by atoms with Crippen molar-refractivity contribution in [1.29, 1.82) is 0 Å². The summed E-state index contributed by atoms with van der Waals surface area (Å²) in [7, 11) is -1.92. The maximum Gasteiger partial charge on any atom is 0.241 e. The first-order valence-electron chi connectivity index (χ1n) is 9.64. The fraction of sp³-hybridized carbons (Fsp3) is 0.500. The number of rotatable bonds is 8. The van der Waals surface area contributed by atoms with Gasteiger partial charge < -0.3 is 10.6 Å². The van der Waals surface area contributed by atoms with E-state index in [1.54, 1.807) is 36.6 Å². The first kappa shape index (κ1) is 26.8. The largest absolute Gasteiger partial charge is 0.356 e. The third-order valence-corrected chi connectivity index (χ3v) is 7.01. The Hall–Kier alpha value is -1.24. The highest BCUT2D eigenvalue weighted by Gasteiger charge is 2.24. The molecule has 0 fully saturated rings. The summed E-state index contributed by atoms with van der Waals surface area (Å²) in [5, 5.41) is 7.54. The molecule has 0 bridgehead atoms. The van der Waals surface area contributed by atoms with Crippen LogP contribution in [0.1, 0.15) is 43.1 Å². The minimum Gasteiger partial charge on any atom is -0.356 e. The van der Waals surface area contributed by atoms with Crippen LogP contribution in [0.3, 0.4) is 0 Å². The van der Waals surface area contributed by atoms with Crippen molar-refractivity contribution in [2.75, 3.05) is 13.6 Å². The average Bonchev–Trinajstić information content (AvgIpc) is 3.11. The number of sulfonamides is 1. The van der Waals surface area contributed by atoms with Crippen LogP contribution in [-0.4, -0.2) is 38.5 Å². The Labute approximate surface area is 201 Å². The highest BCUT2D eigenvalue weighted by molar-refractivity contribution is 14.0. The first-order valence-corrected chi connectivity index (χ1v) is 11.9. The fourth-order valence-corrected chi connectivity index (χ4v) is 5.21. The lowest BCUT2D eigenvalue weighted by Crippen LogP contribution is -2.41. The van der Waals surface area contributed by atoms with Crippen molar-refractivity contribution < 1.29 is 8.42 Å². The molecule has 0 radical (unpaired) electrons. The van der Waals surface area contributed by atoms with Gasteiger partial charge in [0.05, 0.1) is 9.90 Å². The van der Waals surface area contributed by atoms with Crippen molar-refractivity contribution >= 4 is 51.3 Å². The molecule has 0 spiro atoms. The van der Waals surface area contributed by atoms with E-state index < -0.39 is 15.6 Å². The predicted molar refractivity (Wildman–Crippen MR) is 135 cm³/mol. The van der Waals surface area contributed by atoms with Crippen LogP contribution in [0.4, 0.5) is 0 Å². The molecule has 3 N–H and O–H groups in total. The maximum absolute atomic E-state index is 12.7. The van der Waals surface area contributed by atoms with Gasteiger partial charge in [-0.2, -0.15) is 0 Å². The number of hydrogen-bond acceptors (Lipinski definition) is 5. The van der Waals surface area contributed by atoms with E-state index in [-0.39, 0.29) is 28.9 Å². The number of aryl methyl sites for hydroxylation is 1. The Bertz CT molecular complexity index is 937. The number of halogens is 1. The van der Waals surface area contributed by atoms with Crippen LogP contribution in [0.15, 0.2) is 40.4 Å². The molecule has 0 unspecified atom stereocenters. The zero-order valence-corrected chi connectivity index (χ0v) is 22.1. The fourth-order valence-electron chi connectivity index (χ4n) is 2.68. The summed E-state index contributed by atoms with van der Waals surface area (Å²) in [5.74, 6) is 0.619. The van der Waals surface area contributed by atoms with Crippen LogP contribution in [0.2, 0.25) is 0 Å². The second-order valence-electron chi connectivity index (χ2n) is 7.64. The van der Waals surface area contributed by atoms with Gasteiger partial charge in [0.25, 0.3) is 0 Å². The second-order valence-corrected chi connectivity index (χ2v) is 10.5. The van der Waals surface area contributed by atoms with E-state index in [1.807, 2.05) is 33.0 Å². The van der Waals surface area contributed by atoms with Gasteiger partial charge in [0, 0.05) is 43.2 Å². The van der Waals surface area contributed by atoms with Crippen molar-refractivity contribution in [2.45, 2.75) is 57.5 Å². The van der Waals surface area contributed by atoms with Crippen molar-refractivity contribution in [3.05, 3.63) is 45.9 Å². The zero-order valence-electron chi connectivity index (χ0n) is 18.2. The number of nitrogens with one attached hydrogen (secondary N) is 3. The molecule has 1 aromatic heterocycles. The van der Waals surface area contributed by atoms with Crippen LogP contribution in [0.5, 0.6) is 0 Å². The van der Waals surface area contributed by atoms with E-state index in [1.165, 1.54) is 4.88 Å². The number of thiazole rings is 1. The minimum atomic E-state index is -3.61. The molecule has 168 valence electrons. The molecule has 30 heavy (non-hydrogen) atoms. The van der Waals surface area contributed by atoms with Crippen LogP contribution in [-0.2, 0) is 29.4 Å². The molecule has 1 aromatic carbocycles. The minimum absolute atomic E-state index is 0. The van der Waals surface area contributed by atoms with E-state index >= 15 is 0 Å². The van der Waals surface area contributed by atoms with Gasteiger partial charge in [-0.05, 0) is 38.8 Å². The zero-order chi connectivity index (χ0) is 21.5. The van der Waals surface area contributed by atoms with E-state index in [2.05, 4.69) is 32.3 Å². The third-order valence-electron chi connectivity index (χ3n) is 3.95. The van der Waals surface area contributed by atoms with Gasteiger partial charge in [-0.25, -0.2) is 18.1 Å². The van der Waals surface area contributed by atoms with Crippen LogP contribution in [0.25, 0.3) is 0 Å². The topological polar surface area (TPSA) is 95.5 Å². The summed E-state index contributed by atoms with van der Waals surface area (Å²) in [5.41, 5.74) is 0.129. The number of nitrogens with zero attached hydrogens (tertiary/aromatic N) is 2. The van der Waals surface area contributed by atoms with Crippen LogP contribution in [0, 0.1) is 0 Å². The lowest BCUT2D eigenvalue weighted by atomic mass is 10.1. The molecule has 0 saturated carbocycles. The summed E-state index contributed by atoms with van der Waals surface area (Å²) in [6.07, 6.45) is 3.74. The van der Waals surface area contributed by atoms with E-state index in [0.29, 0.717) is 24.6 Å². The molecular formula is C20H32IN5O2S2. The van der Waals surface area contributed by atoms with Gasteiger partial charge in [-0.3, -0.25) is 4.99 Å². The highest BCUT2D eigenvalue weighted by Crippen LogP contribution is 2.18. The van der Waals surface area contributed by atoms with E-state index in [9.17, 15) is 8.42 Å². The van der Waals surface area contributed by atoms with E-state index in [4.69, 9.17) is 0 Å². The Morgan fingerprint density at radius 2 is 1.90 bits per heavy atom. The molecule has 7 nitrogen and oxygen atoms in total. The third kappa shape index (κ3) is 8.48. The highest BCUT2D eigenvalue weighted by atomic mass is 127. The number of guanidine groups is 1. The molecular weight excluding hydrogens is 533 g/mol. The van der Waals surface area contributed by atoms with Gasteiger partial charge >= 0.3 is 0 Å². The summed E-state index contributed by atoms with van der Waals surface area (Å²) >= 11 is 1.73. The number of aromatic nitrogens is 1. The molecule has 2 aromatic rings. The SMILES string of the molecule is CCc1cnc(CCNC(=NC)NCc2ccccc2S(=O)(=O)NC(C)(C)C)s1.I. The molecule has 0 atom stereocenters. The van der Waals surface area contributed by atoms with Crippen LogP contribution < -0.4 is 15.4 Å². The molecule has 1 heterocycles. The predicted octanol–water partition coefficient (Wildman–Crippen LogP) is 3.31. The lowest BCUT2D eigenvalue weighted by molar-refractivity contribution is 0.491. The Morgan fingerprint density at radius 3 is 2.50 bits per heavy atom. The Morgan fingerprint density at radius 1 is 1.20 bits per heavy atom. The molecule has 0 aliphatic carbocycles. The quantitative estimate of drug-likeness (QED) is 0.260. The van der Waals surface area contributed by atoms with Crippen molar-refractivity contribution in [3.63, 3.8) is 0 Å². The molecule has 0 saturated heterocycles. The Balaban J connectivity index is 0.00000450. The normalized spacial score (nSPS) is 12.4. The number of hydrogen-bond donors (Lipinski definition) is 3. The summed E-state index contributed by atoms with van der Waals surface area (Å²) in [6.45, 7) is 8.63. The standard InChI is InChI=1S/C20H31N5O2S2.HI/c1-6-16-14-23-18(28-16)11-12-22-19(21-5)24-13-15-9-7-8-10-17(15)29(26,27)25-20(2,3)4;/h7-10,14,25H,6,11-13H2,1-5H3,(H2,21,22,24);1H. The van der Waals surface area contributed by atoms with E-state index in [0.717, 1.165) is 17.8 Å². The first-order chi connectivity index (χ1) is 13.6. The molecule has 0 aliphatic rings. The average molecular weight is 566 g/mol. The Kier molecular flexibility index (Phi) is 10.7. The van der Waals surface area contributed by atoms with Crippen molar-refractivity contribution in [1.82, 2.24) is 20.3 Å². The monoisotopic (exact) mass is 565 g/mol. The summed E-state index contributed by atoms with van der Waals surface area (Å²) < 4.78 is 28.2.